The van der Waals surface area contributed by atoms with E-state index in [0.29, 0.717) is 0 Å². The minimum atomic E-state index is 0.856. The van der Waals surface area contributed by atoms with Gasteiger partial charge in [-0.2, -0.15) is 0 Å². The molecule has 0 radical (unpaired) electrons. The van der Waals surface area contributed by atoms with E-state index in [1.165, 1.54) is 36.8 Å². The summed E-state index contributed by atoms with van der Waals surface area (Å²) in [6.45, 7) is 8.21. The van der Waals surface area contributed by atoms with Crippen molar-refractivity contribution < 1.29 is 0 Å². The third kappa shape index (κ3) is 3.91. The van der Waals surface area contributed by atoms with Crippen LogP contribution in [-0.4, -0.2) is 0 Å². The highest BCUT2D eigenvalue weighted by atomic mass is 14.2. The molecule has 0 amide bonds. The van der Waals surface area contributed by atoms with Gasteiger partial charge in [0.15, 0.2) is 0 Å². The van der Waals surface area contributed by atoms with Gasteiger partial charge in [0.2, 0.25) is 0 Å². The summed E-state index contributed by atoms with van der Waals surface area (Å²) in [4.78, 5) is 0. The Morgan fingerprint density at radius 2 is 1.73 bits per heavy atom. The van der Waals surface area contributed by atoms with E-state index < -0.39 is 0 Å². The maximum absolute atomic E-state index is 3.80. The highest BCUT2D eigenvalue weighted by Crippen LogP contribution is 2.30. The Kier molecular flexibility index (Phi) is 5.17. The molecule has 0 aromatic rings. The molecule has 82 valence electrons. The standard InChI is InChI=1S/C15H22/c1-4-6-8-15-12-10-13(3)9-11-14(15)7-5-2/h4-8,13H,2,9-12H2,1,3H3/b6-4-,14-7-,15-8-. The van der Waals surface area contributed by atoms with Crippen LogP contribution in [-0.2, 0) is 0 Å². The molecule has 0 aliphatic heterocycles. The Morgan fingerprint density at radius 3 is 2.27 bits per heavy atom. The van der Waals surface area contributed by atoms with E-state index in [1.807, 2.05) is 6.08 Å². The molecule has 0 saturated heterocycles. The third-order valence-corrected chi connectivity index (χ3v) is 3.03. The molecule has 1 unspecified atom stereocenters. The zero-order valence-electron chi connectivity index (χ0n) is 10.00. The van der Waals surface area contributed by atoms with Gasteiger partial charge in [0.05, 0.1) is 0 Å². The average molecular weight is 202 g/mol. The molecule has 1 aliphatic rings. The molecule has 0 aromatic carbocycles. The number of rotatable bonds is 2. The summed E-state index contributed by atoms with van der Waals surface area (Å²) in [5.74, 6) is 0.856. The van der Waals surface area contributed by atoms with Crippen LogP contribution in [0.5, 0.6) is 0 Å². The summed E-state index contributed by atoms with van der Waals surface area (Å²) in [6.07, 6.45) is 15.6. The minimum Gasteiger partial charge on any atom is -0.0991 e. The summed E-state index contributed by atoms with van der Waals surface area (Å²) in [6, 6.07) is 0. The second kappa shape index (κ2) is 6.44. The van der Waals surface area contributed by atoms with Crippen molar-refractivity contribution in [1.29, 1.82) is 0 Å². The third-order valence-electron chi connectivity index (χ3n) is 3.03. The van der Waals surface area contributed by atoms with Crippen LogP contribution in [0.1, 0.15) is 39.5 Å². The van der Waals surface area contributed by atoms with E-state index in [1.54, 1.807) is 0 Å². The van der Waals surface area contributed by atoms with E-state index in [0.717, 1.165) is 5.92 Å². The van der Waals surface area contributed by atoms with E-state index >= 15 is 0 Å². The average Bonchev–Trinajstić information content (AvgIpc) is 2.40. The monoisotopic (exact) mass is 202 g/mol. The molecule has 1 atom stereocenters. The lowest BCUT2D eigenvalue weighted by molar-refractivity contribution is 0.514. The van der Waals surface area contributed by atoms with Crippen molar-refractivity contribution in [1.82, 2.24) is 0 Å². The van der Waals surface area contributed by atoms with E-state index in [2.05, 4.69) is 44.7 Å². The zero-order valence-corrected chi connectivity index (χ0v) is 10.00. The predicted molar refractivity (Wildman–Crippen MR) is 68.8 cm³/mol. The molecule has 0 aromatic heterocycles. The van der Waals surface area contributed by atoms with Gasteiger partial charge in [0, 0.05) is 0 Å². The molecule has 0 heteroatoms. The SMILES string of the molecule is C=C/C=C1/CCC(C)CC/C1=C/C=C\C. The fourth-order valence-corrected chi connectivity index (χ4v) is 2.00. The predicted octanol–water partition coefficient (Wildman–Crippen LogP) is 4.81. The lowest BCUT2D eigenvalue weighted by Gasteiger charge is -2.05. The molecule has 1 saturated carbocycles. The normalized spacial score (nSPS) is 28.5. The van der Waals surface area contributed by atoms with Gasteiger partial charge in [-0.3, -0.25) is 0 Å². The highest BCUT2D eigenvalue weighted by molar-refractivity contribution is 5.36. The Bertz CT molecular complexity index is 289. The molecule has 1 rings (SSSR count). The van der Waals surface area contributed by atoms with Crippen molar-refractivity contribution in [3.63, 3.8) is 0 Å². The molecule has 15 heavy (non-hydrogen) atoms. The highest BCUT2D eigenvalue weighted by Gasteiger charge is 2.13. The van der Waals surface area contributed by atoms with Crippen molar-refractivity contribution in [2.45, 2.75) is 39.5 Å². The van der Waals surface area contributed by atoms with Gasteiger partial charge in [-0.15, -0.1) is 0 Å². The van der Waals surface area contributed by atoms with Gasteiger partial charge in [-0.05, 0) is 49.7 Å². The number of allylic oxidation sites excluding steroid dienone is 7. The van der Waals surface area contributed by atoms with E-state index in [4.69, 9.17) is 0 Å². The van der Waals surface area contributed by atoms with Crippen LogP contribution in [0.4, 0.5) is 0 Å². The van der Waals surface area contributed by atoms with Gasteiger partial charge < -0.3 is 0 Å². The van der Waals surface area contributed by atoms with Crippen LogP contribution in [0.25, 0.3) is 0 Å². The van der Waals surface area contributed by atoms with E-state index in [-0.39, 0.29) is 0 Å². The van der Waals surface area contributed by atoms with Crippen molar-refractivity contribution in [2.24, 2.45) is 5.92 Å². The minimum absolute atomic E-state index is 0.856. The molecule has 1 aliphatic carbocycles. The Hall–Kier alpha value is -1.04. The van der Waals surface area contributed by atoms with Gasteiger partial charge in [0.1, 0.15) is 0 Å². The summed E-state index contributed by atoms with van der Waals surface area (Å²) in [7, 11) is 0. The number of hydrogen-bond acceptors (Lipinski definition) is 0. The second-order valence-corrected chi connectivity index (χ2v) is 4.33. The molecule has 0 spiro atoms. The first-order valence-corrected chi connectivity index (χ1v) is 5.91. The molecule has 0 heterocycles. The first kappa shape index (κ1) is 12.0. The smallest absolute Gasteiger partial charge is 0.0274 e. The van der Waals surface area contributed by atoms with Gasteiger partial charge >= 0.3 is 0 Å². The van der Waals surface area contributed by atoms with Crippen LogP contribution >= 0.6 is 0 Å². The lowest BCUT2D eigenvalue weighted by atomic mass is 10.0. The lowest BCUT2D eigenvalue weighted by Crippen LogP contribution is -1.89. The van der Waals surface area contributed by atoms with Crippen molar-refractivity contribution >= 4 is 0 Å². The molecule has 0 N–H and O–H groups in total. The van der Waals surface area contributed by atoms with Crippen molar-refractivity contribution in [3.8, 4) is 0 Å². The van der Waals surface area contributed by atoms with E-state index in [9.17, 15) is 0 Å². The quantitative estimate of drug-likeness (QED) is 0.564. The summed E-state index contributed by atoms with van der Waals surface area (Å²) in [5.41, 5.74) is 2.98. The van der Waals surface area contributed by atoms with Crippen molar-refractivity contribution in [3.05, 3.63) is 48.1 Å². The summed E-state index contributed by atoms with van der Waals surface area (Å²) in [5, 5.41) is 0. The van der Waals surface area contributed by atoms with Gasteiger partial charge in [-0.1, -0.05) is 43.9 Å². The number of hydrogen-bond donors (Lipinski definition) is 0. The zero-order chi connectivity index (χ0) is 11.1. The fraction of sp³-hybridized carbons (Fsp3) is 0.467. The summed E-state index contributed by atoms with van der Waals surface area (Å²) >= 11 is 0. The summed E-state index contributed by atoms with van der Waals surface area (Å²) < 4.78 is 0. The second-order valence-electron chi connectivity index (χ2n) is 4.33. The first-order chi connectivity index (χ1) is 7.27. The van der Waals surface area contributed by atoms with Crippen LogP contribution in [0.2, 0.25) is 0 Å². The van der Waals surface area contributed by atoms with Crippen LogP contribution in [0.15, 0.2) is 48.1 Å². The van der Waals surface area contributed by atoms with Crippen LogP contribution in [0.3, 0.4) is 0 Å². The topological polar surface area (TPSA) is 0 Å². The molecule has 1 fully saturated rings. The Labute approximate surface area is 94.1 Å². The molecular formula is C15H22. The Balaban J connectivity index is 2.87. The first-order valence-electron chi connectivity index (χ1n) is 5.91. The fourth-order valence-electron chi connectivity index (χ4n) is 2.00. The van der Waals surface area contributed by atoms with Crippen LogP contribution in [0, 0.1) is 5.92 Å². The van der Waals surface area contributed by atoms with Crippen LogP contribution < -0.4 is 0 Å². The molecular weight excluding hydrogens is 180 g/mol. The maximum Gasteiger partial charge on any atom is -0.0274 e. The van der Waals surface area contributed by atoms with Gasteiger partial charge in [0.25, 0.3) is 0 Å². The molecule has 0 bridgehead atoms. The largest absolute Gasteiger partial charge is 0.0991 e. The Morgan fingerprint density at radius 1 is 1.13 bits per heavy atom. The van der Waals surface area contributed by atoms with Crippen molar-refractivity contribution in [2.75, 3.05) is 0 Å². The van der Waals surface area contributed by atoms with Gasteiger partial charge in [-0.25, -0.2) is 0 Å². The molecule has 0 nitrogen and oxygen atoms in total. The maximum atomic E-state index is 3.80.